The van der Waals surface area contributed by atoms with Gasteiger partial charge in [-0.05, 0) is 18.1 Å². The highest BCUT2D eigenvalue weighted by atomic mass is 14.8. The van der Waals surface area contributed by atoms with Crippen molar-refractivity contribution in [2.24, 2.45) is 0 Å². The summed E-state index contributed by atoms with van der Waals surface area (Å²) in [6, 6.07) is 8.36. The Balaban J connectivity index is 0. The first kappa shape index (κ1) is 15.5. The van der Waals surface area contributed by atoms with Crippen LogP contribution < -0.4 is 5.32 Å². The molecule has 0 amide bonds. The van der Waals surface area contributed by atoms with Gasteiger partial charge in [-0.2, -0.15) is 0 Å². The molecule has 1 nitrogen and oxygen atoms in total. The van der Waals surface area contributed by atoms with E-state index in [2.05, 4.69) is 30.4 Å². The summed E-state index contributed by atoms with van der Waals surface area (Å²) in [5.41, 5.74) is 2.62. The second-order valence-corrected chi connectivity index (χ2v) is 2.26. The van der Waals surface area contributed by atoms with Gasteiger partial charge in [-0.1, -0.05) is 52.8 Å². The van der Waals surface area contributed by atoms with Gasteiger partial charge in [-0.3, -0.25) is 0 Å². The van der Waals surface area contributed by atoms with Crippen LogP contribution in [0.25, 0.3) is 0 Å². The summed E-state index contributed by atoms with van der Waals surface area (Å²) in [5.74, 6) is 0. The minimum Gasteiger partial charge on any atom is -0.388 e. The number of hydrogen-bond acceptors (Lipinski definition) is 1. The monoisotopic (exact) mass is 195 g/mol. The maximum Gasteiger partial charge on any atom is 0.0370 e. The first-order valence-electron chi connectivity index (χ1n) is 5.64. The molecule has 82 valence electrons. The van der Waals surface area contributed by atoms with E-state index in [0.717, 1.165) is 6.42 Å². The maximum absolute atomic E-state index is 3.15. The topological polar surface area (TPSA) is 12.0 Å². The van der Waals surface area contributed by atoms with Crippen LogP contribution in [0.1, 0.15) is 40.2 Å². The van der Waals surface area contributed by atoms with Gasteiger partial charge in [0.1, 0.15) is 0 Å². The Morgan fingerprint density at radius 2 is 1.50 bits per heavy atom. The molecule has 0 aliphatic heterocycles. The van der Waals surface area contributed by atoms with E-state index in [1.807, 2.05) is 40.8 Å². The normalized spacial score (nSPS) is 7.57. The third-order valence-corrected chi connectivity index (χ3v) is 1.67. The lowest BCUT2D eigenvalue weighted by Gasteiger charge is -2.04. The fourth-order valence-corrected chi connectivity index (χ4v) is 1.07. The van der Waals surface area contributed by atoms with Gasteiger partial charge in [0, 0.05) is 12.7 Å². The molecule has 1 aromatic rings. The Morgan fingerprint density at radius 1 is 1.00 bits per heavy atom. The molecule has 1 rings (SSSR count). The summed E-state index contributed by atoms with van der Waals surface area (Å²) < 4.78 is 0. The quantitative estimate of drug-likeness (QED) is 0.740. The van der Waals surface area contributed by atoms with Crippen LogP contribution in [0.5, 0.6) is 0 Å². The molecule has 1 N–H and O–H groups in total. The number of hydrogen-bond donors (Lipinski definition) is 1. The van der Waals surface area contributed by atoms with Crippen LogP contribution in [-0.4, -0.2) is 7.05 Å². The molecular formula is C13H25N. The molecule has 0 unspecified atom stereocenters. The summed E-state index contributed by atoms with van der Waals surface area (Å²) in [6.07, 6.45) is 1.09. The fourth-order valence-electron chi connectivity index (χ4n) is 1.07. The van der Waals surface area contributed by atoms with Crippen molar-refractivity contribution in [1.29, 1.82) is 0 Å². The van der Waals surface area contributed by atoms with Crippen LogP contribution in [0.4, 0.5) is 5.69 Å². The van der Waals surface area contributed by atoms with Crippen molar-refractivity contribution < 1.29 is 0 Å². The zero-order valence-electron chi connectivity index (χ0n) is 10.5. The minimum absolute atomic E-state index is 1.09. The third-order valence-electron chi connectivity index (χ3n) is 1.67. The van der Waals surface area contributed by atoms with Crippen LogP contribution >= 0.6 is 0 Å². The minimum atomic E-state index is 1.09. The highest BCUT2D eigenvalue weighted by molar-refractivity contribution is 5.50. The number of nitrogens with one attached hydrogen (secondary N) is 1. The first-order chi connectivity index (χ1) is 6.88. The SMILES string of the molecule is CC.CC.CCc1ccccc1NC. The number of para-hydroxylation sites is 1. The summed E-state index contributed by atoms with van der Waals surface area (Å²) in [6.45, 7) is 10.2. The van der Waals surface area contributed by atoms with Crippen molar-refractivity contribution in [1.82, 2.24) is 0 Å². The number of anilines is 1. The van der Waals surface area contributed by atoms with Crippen LogP contribution in [0.15, 0.2) is 24.3 Å². The molecule has 0 bridgehead atoms. The van der Waals surface area contributed by atoms with Gasteiger partial charge in [0.05, 0.1) is 0 Å². The first-order valence-corrected chi connectivity index (χ1v) is 5.64. The molecule has 0 aromatic heterocycles. The third kappa shape index (κ3) is 5.63. The van der Waals surface area contributed by atoms with E-state index >= 15 is 0 Å². The van der Waals surface area contributed by atoms with Gasteiger partial charge < -0.3 is 5.32 Å². The van der Waals surface area contributed by atoms with Gasteiger partial charge in [-0.15, -0.1) is 0 Å². The van der Waals surface area contributed by atoms with E-state index in [1.165, 1.54) is 11.3 Å². The van der Waals surface area contributed by atoms with Crippen molar-refractivity contribution in [2.45, 2.75) is 41.0 Å². The molecule has 1 aromatic carbocycles. The molecule has 0 fully saturated rings. The predicted octanol–water partition coefficient (Wildman–Crippen LogP) is 4.34. The zero-order valence-corrected chi connectivity index (χ0v) is 10.5. The standard InChI is InChI=1S/C9H13N.2C2H6/c1-3-8-6-4-5-7-9(8)10-2;2*1-2/h4-7,10H,3H2,1-2H3;2*1-2H3. The maximum atomic E-state index is 3.15. The smallest absolute Gasteiger partial charge is 0.0370 e. The van der Waals surface area contributed by atoms with E-state index in [1.54, 1.807) is 0 Å². The van der Waals surface area contributed by atoms with Gasteiger partial charge >= 0.3 is 0 Å². The van der Waals surface area contributed by atoms with E-state index in [0.29, 0.717) is 0 Å². The average molecular weight is 195 g/mol. The molecular weight excluding hydrogens is 170 g/mol. The molecule has 0 spiro atoms. The van der Waals surface area contributed by atoms with Crippen molar-refractivity contribution >= 4 is 5.69 Å². The van der Waals surface area contributed by atoms with E-state index in [4.69, 9.17) is 0 Å². The summed E-state index contributed by atoms with van der Waals surface area (Å²) >= 11 is 0. The molecule has 0 aliphatic rings. The van der Waals surface area contributed by atoms with Crippen molar-refractivity contribution in [3.05, 3.63) is 29.8 Å². The van der Waals surface area contributed by atoms with Crippen molar-refractivity contribution in [3.63, 3.8) is 0 Å². The average Bonchev–Trinajstić information content (AvgIpc) is 2.34. The van der Waals surface area contributed by atoms with Gasteiger partial charge in [-0.25, -0.2) is 0 Å². The number of aryl methyl sites for hydroxylation is 1. The van der Waals surface area contributed by atoms with Gasteiger partial charge in [0.15, 0.2) is 0 Å². The molecule has 0 saturated carbocycles. The van der Waals surface area contributed by atoms with E-state index in [9.17, 15) is 0 Å². The fraction of sp³-hybridized carbons (Fsp3) is 0.538. The number of benzene rings is 1. The highest BCUT2D eigenvalue weighted by Crippen LogP contribution is 2.13. The Hall–Kier alpha value is -0.980. The lowest BCUT2D eigenvalue weighted by atomic mass is 10.1. The summed E-state index contributed by atoms with van der Waals surface area (Å²) in [4.78, 5) is 0. The van der Waals surface area contributed by atoms with Crippen LogP contribution in [0, 0.1) is 0 Å². The Morgan fingerprint density at radius 3 is 1.86 bits per heavy atom. The second kappa shape index (κ2) is 12.0. The predicted molar refractivity (Wildman–Crippen MR) is 68.1 cm³/mol. The number of rotatable bonds is 2. The van der Waals surface area contributed by atoms with E-state index in [-0.39, 0.29) is 0 Å². The van der Waals surface area contributed by atoms with Crippen molar-refractivity contribution in [2.75, 3.05) is 12.4 Å². The molecule has 14 heavy (non-hydrogen) atoms. The summed E-state index contributed by atoms with van der Waals surface area (Å²) in [5, 5.41) is 3.15. The van der Waals surface area contributed by atoms with Crippen LogP contribution in [0.2, 0.25) is 0 Å². The lowest BCUT2D eigenvalue weighted by Crippen LogP contribution is -1.92. The van der Waals surface area contributed by atoms with Gasteiger partial charge in [0.25, 0.3) is 0 Å². The molecule has 0 radical (unpaired) electrons. The Labute approximate surface area is 89.5 Å². The largest absolute Gasteiger partial charge is 0.388 e. The highest BCUT2D eigenvalue weighted by Gasteiger charge is 1.93. The Bertz CT molecular complexity index is 183. The molecule has 0 atom stereocenters. The van der Waals surface area contributed by atoms with Crippen LogP contribution in [-0.2, 0) is 6.42 Å². The zero-order chi connectivity index (χ0) is 11.4. The van der Waals surface area contributed by atoms with Gasteiger partial charge in [0.2, 0.25) is 0 Å². The molecule has 1 heteroatoms. The molecule has 0 heterocycles. The molecule has 0 saturated heterocycles. The molecule has 0 aliphatic carbocycles. The summed E-state index contributed by atoms with van der Waals surface area (Å²) in [7, 11) is 1.95. The Kier molecular flexibility index (Phi) is 13.3. The van der Waals surface area contributed by atoms with Crippen LogP contribution in [0.3, 0.4) is 0 Å². The van der Waals surface area contributed by atoms with Crippen molar-refractivity contribution in [3.8, 4) is 0 Å². The second-order valence-electron chi connectivity index (χ2n) is 2.26. The lowest BCUT2D eigenvalue weighted by molar-refractivity contribution is 1.14. The van der Waals surface area contributed by atoms with E-state index < -0.39 is 0 Å².